The van der Waals surface area contributed by atoms with E-state index in [4.69, 9.17) is 4.98 Å². The largest absolute Gasteiger partial charge is 0.268 e. The fraction of sp³-hybridized carbons (Fsp3) is 0.0833. The van der Waals surface area contributed by atoms with Gasteiger partial charge >= 0.3 is 0 Å². The first kappa shape index (κ1) is 13.7. The number of aromatic nitrogens is 2. The molecule has 0 aliphatic heterocycles. The fourth-order valence-electron chi connectivity index (χ4n) is 5.06. The Balaban J connectivity index is 1.90. The summed E-state index contributed by atoms with van der Waals surface area (Å²) in [4.78, 5) is 18.5. The summed E-state index contributed by atoms with van der Waals surface area (Å²) in [6.45, 7) is 0. The summed E-state index contributed by atoms with van der Waals surface area (Å²) in [5, 5.41) is 6.32. The molecule has 0 saturated heterocycles. The Morgan fingerprint density at radius 1 is 0.741 bits per heavy atom. The lowest BCUT2D eigenvalue weighted by molar-refractivity contribution is 1.02. The van der Waals surface area contributed by atoms with Crippen LogP contribution < -0.4 is 5.56 Å². The van der Waals surface area contributed by atoms with Crippen molar-refractivity contribution in [2.24, 2.45) is 0 Å². The van der Waals surface area contributed by atoms with E-state index in [-0.39, 0.29) is 5.56 Å². The third-order valence-electron chi connectivity index (χ3n) is 6.21. The molecule has 0 fully saturated rings. The number of benzene rings is 4. The van der Waals surface area contributed by atoms with Gasteiger partial charge in [-0.1, -0.05) is 42.5 Å². The molecule has 3 heteroatoms. The molecular formula is C24H14N2O. The quantitative estimate of drug-likeness (QED) is 0.291. The van der Waals surface area contributed by atoms with Crippen molar-refractivity contribution >= 4 is 49.0 Å². The number of hydrogen-bond donors (Lipinski definition) is 0. The molecule has 0 N–H and O–H groups in total. The van der Waals surface area contributed by atoms with Crippen molar-refractivity contribution in [1.29, 1.82) is 0 Å². The van der Waals surface area contributed by atoms with Crippen LogP contribution in [-0.4, -0.2) is 9.38 Å². The monoisotopic (exact) mass is 346 g/mol. The molecule has 3 nitrogen and oxygen atoms in total. The maximum Gasteiger partial charge on any atom is 0.264 e. The molecule has 0 amide bonds. The van der Waals surface area contributed by atoms with E-state index < -0.39 is 0 Å². The molecular weight excluding hydrogens is 332 g/mol. The van der Waals surface area contributed by atoms with E-state index in [1.54, 1.807) is 0 Å². The third kappa shape index (κ3) is 1.50. The second kappa shape index (κ2) is 4.44. The first-order valence-electron chi connectivity index (χ1n) is 9.34. The highest BCUT2D eigenvalue weighted by molar-refractivity contribution is 6.17. The molecule has 0 radical (unpaired) electrons. The summed E-state index contributed by atoms with van der Waals surface area (Å²) < 4.78 is 1.82. The van der Waals surface area contributed by atoms with Crippen LogP contribution in [0.3, 0.4) is 0 Å². The SMILES string of the molecule is O=c1c2cccc3cccc(c32)c2nc3ccc4c5c(ccc(c35)n12)CC4. The smallest absolute Gasteiger partial charge is 0.264 e. The molecule has 2 aromatic heterocycles. The van der Waals surface area contributed by atoms with Gasteiger partial charge in [0.15, 0.2) is 0 Å². The van der Waals surface area contributed by atoms with Gasteiger partial charge in [-0.2, -0.15) is 0 Å². The molecule has 27 heavy (non-hydrogen) atoms. The van der Waals surface area contributed by atoms with E-state index in [9.17, 15) is 4.79 Å². The zero-order valence-corrected chi connectivity index (χ0v) is 14.5. The molecule has 1 aliphatic carbocycles. The van der Waals surface area contributed by atoms with Crippen LogP contribution in [-0.2, 0) is 12.8 Å². The summed E-state index contributed by atoms with van der Waals surface area (Å²) in [7, 11) is 0. The van der Waals surface area contributed by atoms with Gasteiger partial charge in [0.25, 0.3) is 5.56 Å². The number of aryl methyl sites for hydroxylation is 2. The molecule has 126 valence electrons. The molecule has 0 unspecified atom stereocenters. The molecule has 0 saturated carbocycles. The van der Waals surface area contributed by atoms with Crippen LogP contribution in [0.4, 0.5) is 0 Å². The van der Waals surface area contributed by atoms with Crippen molar-refractivity contribution in [3.8, 4) is 0 Å². The third-order valence-corrected chi connectivity index (χ3v) is 6.21. The van der Waals surface area contributed by atoms with Crippen molar-refractivity contribution in [3.63, 3.8) is 0 Å². The van der Waals surface area contributed by atoms with Crippen molar-refractivity contribution in [1.82, 2.24) is 9.38 Å². The summed E-state index contributed by atoms with van der Waals surface area (Å²) in [6.07, 6.45) is 2.14. The maximum atomic E-state index is 13.5. The van der Waals surface area contributed by atoms with Crippen molar-refractivity contribution < 1.29 is 0 Å². The van der Waals surface area contributed by atoms with Gasteiger partial charge in [0.05, 0.1) is 11.0 Å². The minimum absolute atomic E-state index is 0.0161. The average Bonchev–Trinajstić information content (AvgIpc) is 3.14. The molecule has 2 heterocycles. The first-order valence-corrected chi connectivity index (χ1v) is 9.34. The second-order valence-electron chi connectivity index (χ2n) is 7.52. The lowest BCUT2D eigenvalue weighted by atomic mass is 10.00. The van der Waals surface area contributed by atoms with Crippen LogP contribution in [0, 0.1) is 0 Å². The molecule has 7 rings (SSSR count). The van der Waals surface area contributed by atoms with Crippen molar-refractivity contribution in [2.45, 2.75) is 12.8 Å². The first-order chi connectivity index (χ1) is 13.3. The number of pyridine rings is 1. The molecule has 4 aromatic carbocycles. The van der Waals surface area contributed by atoms with Crippen LogP contribution in [0.15, 0.2) is 65.5 Å². The van der Waals surface area contributed by atoms with E-state index in [0.29, 0.717) is 0 Å². The van der Waals surface area contributed by atoms with Gasteiger partial charge in [-0.3, -0.25) is 9.20 Å². The van der Waals surface area contributed by atoms with Gasteiger partial charge in [-0.25, -0.2) is 4.98 Å². The summed E-state index contributed by atoms with van der Waals surface area (Å²) in [5.74, 6) is 0. The lowest BCUT2D eigenvalue weighted by Gasteiger charge is -2.14. The van der Waals surface area contributed by atoms with E-state index in [1.807, 2.05) is 22.6 Å². The second-order valence-corrected chi connectivity index (χ2v) is 7.52. The Morgan fingerprint density at radius 2 is 1.48 bits per heavy atom. The predicted molar refractivity (Wildman–Crippen MR) is 110 cm³/mol. The van der Waals surface area contributed by atoms with Gasteiger partial charge in [-0.05, 0) is 52.9 Å². The molecule has 0 atom stereocenters. The zero-order chi connectivity index (χ0) is 17.7. The maximum absolute atomic E-state index is 13.5. The minimum Gasteiger partial charge on any atom is -0.268 e. The van der Waals surface area contributed by atoms with Crippen molar-refractivity contribution in [2.75, 3.05) is 0 Å². The Labute approximate surface area is 153 Å². The Morgan fingerprint density at radius 3 is 2.30 bits per heavy atom. The number of hydrogen-bond acceptors (Lipinski definition) is 2. The number of fused-ring (bicyclic) bond motifs is 3. The Bertz CT molecular complexity index is 1630. The Kier molecular flexibility index (Phi) is 2.25. The summed E-state index contributed by atoms with van der Waals surface area (Å²) in [6, 6.07) is 20.8. The molecule has 0 bridgehead atoms. The topological polar surface area (TPSA) is 34.4 Å². The Hall–Kier alpha value is -3.46. The highest BCUT2D eigenvalue weighted by atomic mass is 16.1. The highest BCUT2D eigenvalue weighted by Gasteiger charge is 2.21. The molecule has 1 aliphatic rings. The minimum atomic E-state index is 0.0161. The van der Waals surface area contributed by atoms with Crippen molar-refractivity contribution in [3.05, 3.63) is 82.1 Å². The van der Waals surface area contributed by atoms with Gasteiger partial charge < -0.3 is 0 Å². The average molecular weight is 346 g/mol. The van der Waals surface area contributed by atoms with Gasteiger partial charge in [0.1, 0.15) is 5.65 Å². The standard InChI is InChI=1S/C24H14N2O/c27-24-17-6-2-4-13-3-1-5-16(21(13)17)23-25-18-11-9-14-7-8-15-10-12-19(26(23)24)22(18)20(14)15/h1-6,9-12H,7-8H2. The van der Waals surface area contributed by atoms with Crippen LogP contribution in [0.25, 0.3) is 49.0 Å². The van der Waals surface area contributed by atoms with Crippen LogP contribution in [0.5, 0.6) is 0 Å². The molecule has 0 spiro atoms. The van der Waals surface area contributed by atoms with E-state index in [2.05, 4.69) is 42.5 Å². The number of nitrogens with zero attached hydrogens (tertiary/aromatic N) is 2. The van der Waals surface area contributed by atoms with E-state index in [1.165, 1.54) is 16.5 Å². The predicted octanol–water partition coefficient (Wildman–Crippen LogP) is 4.84. The summed E-state index contributed by atoms with van der Waals surface area (Å²) >= 11 is 0. The van der Waals surface area contributed by atoms with Gasteiger partial charge in [-0.15, -0.1) is 0 Å². The van der Waals surface area contributed by atoms with Crippen LogP contribution >= 0.6 is 0 Å². The molecule has 6 aromatic rings. The van der Waals surface area contributed by atoms with Gasteiger partial charge in [0, 0.05) is 21.5 Å². The lowest BCUT2D eigenvalue weighted by Crippen LogP contribution is -2.16. The van der Waals surface area contributed by atoms with E-state index >= 15 is 0 Å². The van der Waals surface area contributed by atoms with Crippen LogP contribution in [0.1, 0.15) is 11.1 Å². The summed E-state index contributed by atoms with van der Waals surface area (Å²) in [5.41, 5.74) is 5.45. The fourth-order valence-corrected chi connectivity index (χ4v) is 5.06. The normalized spacial score (nSPS) is 13.8. The van der Waals surface area contributed by atoms with E-state index in [0.717, 1.165) is 56.5 Å². The number of rotatable bonds is 0. The zero-order valence-electron chi connectivity index (χ0n) is 14.5. The van der Waals surface area contributed by atoms with Crippen LogP contribution in [0.2, 0.25) is 0 Å². The van der Waals surface area contributed by atoms with Gasteiger partial charge in [0.2, 0.25) is 0 Å². The highest BCUT2D eigenvalue weighted by Crippen LogP contribution is 2.37.